The molecule has 0 N–H and O–H groups in total. The molecule has 3 aliphatic heterocycles. The van der Waals surface area contributed by atoms with Crippen molar-refractivity contribution in [2.75, 3.05) is 26.2 Å². The van der Waals surface area contributed by atoms with Gasteiger partial charge in [-0.05, 0) is 38.0 Å². The lowest BCUT2D eigenvalue weighted by Crippen LogP contribution is -2.46. The number of hydrogen-bond acceptors (Lipinski definition) is 5. The van der Waals surface area contributed by atoms with Crippen molar-refractivity contribution in [1.29, 1.82) is 0 Å². The molecule has 8 nitrogen and oxygen atoms in total. The maximum absolute atomic E-state index is 12.9. The molecule has 0 saturated carbocycles. The Kier molecular flexibility index (Phi) is 5.71. The summed E-state index contributed by atoms with van der Waals surface area (Å²) in [6.45, 7) is 3.17. The van der Waals surface area contributed by atoms with E-state index in [1.807, 2.05) is 9.80 Å². The van der Waals surface area contributed by atoms with E-state index in [-0.39, 0.29) is 30.5 Å². The second-order valence-corrected chi connectivity index (χ2v) is 7.99. The average Bonchev–Trinajstić information content (AvgIpc) is 3.29. The highest BCUT2D eigenvalue weighted by Crippen LogP contribution is 2.31. The van der Waals surface area contributed by atoms with Crippen molar-refractivity contribution in [3.05, 3.63) is 12.7 Å². The number of carbonyl (C=O) groups excluding carboxylic acids is 2. The lowest BCUT2D eigenvalue weighted by atomic mass is 9.98. The number of hydrogen-bond donors (Lipinski definition) is 0. The number of amides is 2. The molecule has 0 spiro atoms. The number of aromatic nitrogens is 3. The normalized spacial score (nSPS) is 28.7. The maximum atomic E-state index is 12.9. The van der Waals surface area contributed by atoms with Crippen LogP contribution in [0.25, 0.3) is 0 Å². The summed E-state index contributed by atoms with van der Waals surface area (Å²) in [7, 11) is 0. The topological polar surface area (TPSA) is 80.6 Å². The van der Waals surface area contributed by atoms with E-state index < -0.39 is 0 Å². The minimum Gasteiger partial charge on any atom is -0.378 e. The maximum Gasteiger partial charge on any atom is 0.244 e. The second-order valence-electron chi connectivity index (χ2n) is 7.99. The molecule has 3 atom stereocenters. The van der Waals surface area contributed by atoms with Crippen molar-refractivity contribution in [3.8, 4) is 0 Å². The Bertz CT molecular complexity index is 644. The molecule has 0 radical (unpaired) electrons. The molecule has 3 aliphatic rings. The smallest absolute Gasteiger partial charge is 0.244 e. The Morgan fingerprint density at radius 3 is 2.74 bits per heavy atom. The minimum atomic E-state index is 0.0710. The van der Waals surface area contributed by atoms with E-state index in [0.29, 0.717) is 18.9 Å². The van der Waals surface area contributed by atoms with Gasteiger partial charge in [-0.2, -0.15) is 5.10 Å². The van der Waals surface area contributed by atoms with E-state index in [0.717, 1.165) is 58.2 Å². The highest BCUT2D eigenvalue weighted by molar-refractivity contribution is 5.78. The quantitative estimate of drug-likeness (QED) is 0.787. The van der Waals surface area contributed by atoms with Gasteiger partial charge in [0.05, 0.1) is 18.6 Å². The van der Waals surface area contributed by atoms with E-state index >= 15 is 0 Å². The molecule has 1 aromatic rings. The number of nitrogens with zero attached hydrogens (tertiary/aromatic N) is 5. The standard InChI is InChI=1S/C19H29N5O3/c25-18(9-16-6-2-4-8-27-16)22-10-15-5-1-3-7-24(17(15)11-22)19(26)12-23-14-20-13-21-23/h13-17H,1-12H2/t15-,16?,17+/m0/s1. The summed E-state index contributed by atoms with van der Waals surface area (Å²) in [6.07, 6.45) is 10.0. The van der Waals surface area contributed by atoms with E-state index in [4.69, 9.17) is 4.74 Å². The van der Waals surface area contributed by atoms with Crippen LogP contribution in [-0.4, -0.2) is 74.8 Å². The van der Waals surface area contributed by atoms with Gasteiger partial charge in [-0.15, -0.1) is 0 Å². The number of fused-ring (bicyclic) bond motifs is 1. The molecular formula is C19H29N5O3. The Hall–Kier alpha value is -1.96. The summed E-state index contributed by atoms with van der Waals surface area (Å²) in [5.41, 5.74) is 0. The molecular weight excluding hydrogens is 346 g/mol. The first-order valence-electron chi connectivity index (χ1n) is 10.2. The van der Waals surface area contributed by atoms with Gasteiger partial charge < -0.3 is 14.5 Å². The highest BCUT2D eigenvalue weighted by atomic mass is 16.5. The fourth-order valence-electron chi connectivity index (χ4n) is 4.69. The molecule has 0 aliphatic carbocycles. The van der Waals surface area contributed by atoms with Crippen LogP contribution in [0.1, 0.15) is 44.9 Å². The summed E-state index contributed by atoms with van der Waals surface area (Å²) < 4.78 is 7.31. The lowest BCUT2D eigenvalue weighted by Gasteiger charge is -2.30. The van der Waals surface area contributed by atoms with Gasteiger partial charge in [0.2, 0.25) is 11.8 Å². The third-order valence-electron chi connectivity index (χ3n) is 6.14. The summed E-state index contributed by atoms with van der Waals surface area (Å²) in [5, 5.41) is 4.05. The zero-order valence-electron chi connectivity index (χ0n) is 15.8. The van der Waals surface area contributed by atoms with Crippen LogP contribution in [0.3, 0.4) is 0 Å². The summed E-state index contributed by atoms with van der Waals surface area (Å²) in [5.74, 6) is 0.629. The number of carbonyl (C=O) groups is 2. The SMILES string of the molecule is O=C(CC1CCCCO1)N1C[C@@H]2CCCCN(C(=O)Cn3cncn3)[C@@H]2C1. The predicted molar refractivity (Wildman–Crippen MR) is 97.7 cm³/mol. The van der Waals surface area contributed by atoms with Gasteiger partial charge in [-0.1, -0.05) is 6.42 Å². The Morgan fingerprint density at radius 2 is 1.96 bits per heavy atom. The molecule has 3 fully saturated rings. The van der Waals surface area contributed by atoms with Crippen LogP contribution < -0.4 is 0 Å². The van der Waals surface area contributed by atoms with Crippen LogP contribution in [0, 0.1) is 5.92 Å². The monoisotopic (exact) mass is 375 g/mol. The van der Waals surface area contributed by atoms with Gasteiger partial charge in [0.1, 0.15) is 19.2 Å². The fourth-order valence-corrected chi connectivity index (χ4v) is 4.69. The van der Waals surface area contributed by atoms with Crippen LogP contribution in [-0.2, 0) is 20.9 Å². The van der Waals surface area contributed by atoms with Gasteiger partial charge >= 0.3 is 0 Å². The molecule has 1 aromatic heterocycles. The lowest BCUT2D eigenvalue weighted by molar-refractivity contribution is -0.137. The molecule has 148 valence electrons. The Balaban J connectivity index is 1.39. The first kappa shape index (κ1) is 18.4. The first-order chi connectivity index (χ1) is 13.2. The van der Waals surface area contributed by atoms with E-state index in [2.05, 4.69) is 10.1 Å². The molecule has 1 unspecified atom stereocenters. The first-order valence-corrected chi connectivity index (χ1v) is 10.2. The van der Waals surface area contributed by atoms with Crippen molar-refractivity contribution in [3.63, 3.8) is 0 Å². The number of ether oxygens (including phenoxy) is 1. The molecule has 0 aromatic carbocycles. The van der Waals surface area contributed by atoms with E-state index in [1.54, 1.807) is 11.0 Å². The molecule has 8 heteroatoms. The third-order valence-corrected chi connectivity index (χ3v) is 6.14. The number of rotatable bonds is 4. The van der Waals surface area contributed by atoms with Crippen LogP contribution in [0.15, 0.2) is 12.7 Å². The van der Waals surface area contributed by atoms with Gasteiger partial charge in [0.25, 0.3) is 0 Å². The zero-order valence-corrected chi connectivity index (χ0v) is 15.8. The zero-order chi connectivity index (χ0) is 18.6. The van der Waals surface area contributed by atoms with Crippen LogP contribution in [0.2, 0.25) is 0 Å². The largest absolute Gasteiger partial charge is 0.378 e. The van der Waals surface area contributed by atoms with Gasteiger partial charge in [0, 0.05) is 26.2 Å². The van der Waals surface area contributed by atoms with Gasteiger partial charge in [-0.25, -0.2) is 9.67 Å². The summed E-state index contributed by atoms with van der Waals surface area (Å²) in [4.78, 5) is 33.5. The van der Waals surface area contributed by atoms with Crippen LogP contribution in [0.4, 0.5) is 0 Å². The fraction of sp³-hybridized carbons (Fsp3) is 0.789. The van der Waals surface area contributed by atoms with Crippen molar-refractivity contribution >= 4 is 11.8 Å². The third kappa shape index (κ3) is 4.31. The molecule has 3 saturated heterocycles. The predicted octanol–water partition coefficient (Wildman–Crippen LogP) is 1.08. The molecule has 0 bridgehead atoms. The van der Waals surface area contributed by atoms with Crippen LogP contribution in [0.5, 0.6) is 0 Å². The van der Waals surface area contributed by atoms with Crippen molar-refractivity contribution < 1.29 is 14.3 Å². The van der Waals surface area contributed by atoms with Crippen molar-refractivity contribution in [2.24, 2.45) is 5.92 Å². The Morgan fingerprint density at radius 1 is 1.07 bits per heavy atom. The second kappa shape index (κ2) is 8.37. The Labute approximate surface area is 159 Å². The van der Waals surface area contributed by atoms with Gasteiger partial charge in [-0.3, -0.25) is 9.59 Å². The molecule has 4 heterocycles. The highest BCUT2D eigenvalue weighted by Gasteiger charge is 2.41. The average molecular weight is 375 g/mol. The van der Waals surface area contributed by atoms with E-state index in [9.17, 15) is 9.59 Å². The molecule has 4 rings (SSSR count). The van der Waals surface area contributed by atoms with E-state index in [1.165, 1.54) is 6.33 Å². The van der Waals surface area contributed by atoms with Crippen molar-refractivity contribution in [1.82, 2.24) is 24.6 Å². The minimum absolute atomic E-state index is 0.0710. The summed E-state index contributed by atoms with van der Waals surface area (Å²) in [6, 6.07) is 0.125. The number of likely N-dealkylation sites (tertiary alicyclic amines) is 2. The van der Waals surface area contributed by atoms with Gasteiger partial charge in [0.15, 0.2) is 0 Å². The molecule has 27 heavy (non-hydrogen) atoms. The van der Waals surface area contributed by atoms with Crippen LogP contribution >= 0.6 is 0 Å². The molecule has 2 amide bonds. The summed E-state index contributed by atoms with van der Waals surface area (Å²) >= 11 is 0. The van der Waals surface area contributed by atoms with Crippen molar-refractivity contribution in [2.45, 2.75) is 63.6 Å².